The highest BCUT2D eigenvalue weighted by Crippen LogP contribution is 2.23. The van der Waals surface area contributed by atoms with Crippen molar-refractivity contribution < 1.29 is 17.6 Å². The lowest BCUT2D eigenvalue weighted by molar-refractivity contribution is -0.116. The van der Waals surface area contributed by atoms with Gasteiger partial charge < -0.3 is 5.32 Å². The minimum atomic E-state index is -3.92. The Morgan fingerprint density at radius 2 is 1.86 bits per heavy atom. The van der Waals surface area contributed by atoms with Crippen molar-refractivity contribution in [1.82, 2.24) is 14.1 Å². The zero-order valence-electron chi connectivity index (χ0n) is 17.6. The fraction of sp³-hybridized carbons (Fsp3) is 0.500. The number of anilines is 1. The van der Waals surface area contributed by atoms with Crippen molar-refractivity contribution in [2.75, 3.05) is 18.4 Å². The maximum Gasteiger partial charge on any atom is 0.243 e. The van der Waals surface area contributed by atoms with Gasteiger partial charge in [0.15, 0.2) is 0 Å². The molecule has 29 heavy (non-hydrogen) atoms. The number of nitrogens with zero attached hydrogens (tertiary/aromatic N) is 3. The first-order valence-electron chi connectivity index (χ1n) is 9.55. The van der Waals surface area contributed by atoms with Crippen LogP contribution < -0.4 is 5.32 Å². The van der Waals surface area contributed by atoms with Crippen molar-refractivity contribution >= 4 is 21.7 Å². The summed E-state index contributed by atoms with van der Waals surface area (Å²) in [4.78, 5) is 12.6. The number of amides is 1. The Labute approximate surface area is 172 Å². The van der Waals surface area contributed by atoms with E-state index in [0.29, 0.717) is 12.2 Å². The molecular weight excluding hydrogens is 395 g/mol. The molecule has 1 aromatic carbocycles. The summed E-state index contributed by atoms with van der Waals surface area (Å²) >= 11 is 0. The summed E-state index contributed by atoms with van der Waals surface area (Å²) < 4.78 is 41.7. The number of benzene rings is 1. The Hall–Kier alpha value is -2.26. The van der Waals surface area contributed by atoms with Crippen LogP contribution in [0.4, 0.5) is 10.2 Å². The Kier molecular flexibility index (Phi) is 7.18. The summed E-state index contributed by atoms with van der Waals surface area (Å²) in [5.41, 5.74) is 0.636. The van der Waals surface area contributed by atoms with Crippen molar-refractivity contribution in [3.05, 3.63) is 41.8 Å². The summed E-state index contributed by atoms with van der Waals surface area (Å²) in [5.74, 6) is -0.488. The molecule has 0 saturated carbocycles. The molecule has 0 aliphatic rings. The number of carbonyl (C=O) groups is 1. The van der Waals surface area contributed by atoms with Crippen LogP contribution in [0.1, 0.15) is 46.2 Å². The molecule has 9 heteroatoms. The summed E-state index contributed by atoms with van der Waals surface area (Å²) in [6.07, 6.45) is 1.38. The van der Waals surface area contributed by atoms with Gasteiger partial charge in [-0.15, -0.1) is 0 Å². The Balaban J connectivity index is 2.20. The van der Waals surface area contributed by atoms with Gasteiger partial charge in [-0.2, -0.15) is 9.40 Å². The lowest BCUT2D eigenvalue weighted by atomic mass is 9.92. The topological polar surface area (TPSA) is 84.3 Å². The Morgan fingerprint density at radius 1 is 1.24 bits per heavy atom. The third kappa shape index (κ3) is 5.86. The molecule has 2 rings (SSSR count). The highest BCUT2D eigenvalue weighted by molar-refractivity contribution is 7.89. The van der Waals surface area contributed by atoms with Gasteiger partial charge in [-0.3, -0.25) is 9.48 Å². The third-order valence-electron chi connectivity index (χ3n) is 4.45. The van der Waals surface area contributed by atoms with Gasteiger partial charge in [-0.05, 0) is 30.7 Å². The first kappa shape index (κ1) is 23.0. The molecule has 7 nitrogen and oxygen atoms in total. The number of hydrogen-bond acceptors (Lipinski definition) is 4. The smallest absolute Gasteiger partial charge is 0.243 e. The van der Waals surface area contributed by atoms with Gasteiger partial charge in [-0.1, -0.05) is 34.1 Å². The second kappa shape index (κ2) is 9.04. The van der Waals surface area contributed by atoms with Gasteiger partial charge in [-0.25, -0.2) is 12.8 Å². The zero-order chi connectivity index (χ0) is 21.8. The van der Waals surface area contributed by atoms with E-state index in [4.69, 9.17) is 0 Å². The quantitative estimate of drug-likeness (QED) is 0.705. The number of rotatable bonds is 8. The minimum Gasteiger partial charge on any atom is -0.310 e. The van der Waals surface area contributed by atoms with Gasteiger partial charge in [0.25, 0.3) is 0 Å². The van der Waals surface area contributed by atoms with E-state index in [0.717, 1.165) is 28.6 Å². The van der Waals surface area contributed by atoms with E-state index in [-0.39, 0.29) is 23.4 Å². The molecule has 1 aromatic heterocycles. The van der Waals surface area contributed by atoms with Crippen LogP contribution in [0.25, 0.3) is 0 Å². The lowest BCUT2D eigenvalue weighted by Crippen LogP contribution is -2.38. The van der Waals surface area contributed by atoms with Crippen LogP contribution >= 0.6 is 0 Å². The monoisotopic (exact) mass is 424 g/mol. The van der Waals surface area contributed by atoms with Gasteiger partial charge in [0, 0.05) is 25.1 Å². The zero-order valence-corrected chi connectivity index (χ0v) is 18.4. The molecule has 0 bridgehead atoms. The van der Waals surface area contributed by atoms with E-state index in [1.807, 2.05) is 27.7 Å². The van der Waals surface area contributed by atoms with Crippen molar-refractivity contribution in [1.29, 1.82) is 0 Å². The highest BCUT2D eigenvalue weighted by atomic mass is 32.2. The average Bonchev–Trinajstić information content (AvgIpc) is 2.99. The molecule has 0 atom stereocenters. The first-order chi connectivity index (χ1) is 13.4. The summed E-state index contributed by atoms with van der Waals surface area (Å²) in [7, 11) is -2.20. The lowest BCUT2D eigenvalue weighted by Gasteiger charge is -2.21. The summed E-state index contributed by atoms with van der Waals surface area (Å²) in [5, 5.41) is 7.14. The SMILES string of the molecule is CCCCN(CC(=O)Nc1cc(C(C)(C)C)nn1C)S(=O)(=O)c1ccc(F)cc1. The average molecular weight is 425 g/mol. The molecule has 0 aliphatic carbocycles. The Bertz CT molecular complexity index is 947. The molecule has 1 heterocycles. The second-order valence-corrected chi connectivity index (χ2v) is 9.92. The van der Waals surface area contributed by atoms with E-state index in [1.165, 1.54) is 12.1 Å². The van der Waals surface area contributed by atoms with E-state index in [1.54, 1.807) is 17.8 Å². The number of halogens is 1. The number of unbranched alkanes of at least 4 members (excludes halogenated alkanes) is 1. The normalized spacial score (nSPS) is 12.4. The predicted molar refractivity (Wildman–Crippen MR) is 111 cm³/mol. The fourth-order valence-corrected chi connectivity index (χ4v) is 4.10. The maximum absolute atomic E-state index is 13.2. The molecular formula is C20H29FN4O3S. The summed E-state index contributed by atoms with van der Waals surface area (Å²) in [6, 6.07) is 6.38. The molecule has 1 amide bonds. The Morgan fingerprint density at radius 3 is 2.38 bits per heavy atom. The van der Waals surface area contributed by atoms with Gasteiger partial charge in [0.2, 0.25) is 15.9 Å². The van der Waals surface area contributed by atoms with E-state index < -0.39 is 21.7 Å². The van der Waals surface area contributed by atoms with Crippen LogP contribution in [-0.2, 0) is 27.3 Å². The van der Waals surface area contributed by atoms with Crippen LogP contribution in [0.2, 0.25) is 0 Å². The van der Waals surface area contributed by atoms with Crippen molar-refractivity contribution in [3.63, 3.8) is 0 Å². The number of aromatic nitrogens is 2. The van der Waals surface area contributed by atoms with Crippen LogP contribution in [0, 0.1) is 5.82 Å². The van der Waals surface area contributed by atoms with E-state index in [2.05, 4.69) is 10.4 Å². The first-order valence-corrected chi connectivity index (χ1v) is 11.0. The minimum absolute atomic E-state index is 0.0432. The fourth-order valence-electron chi connectivity index (χ4n) is 2.67. The van der Waals surface area contributed by atoms with Crippen LogP contribution in [0.5, 0.6) is 0 Å². The van der Waals surface area contributed by atoms with Crippen LogP contribution in [-0.4, -0.2) is 41.5 Å². The standard InChI is InChI=1S/C20H29FN4O3S/c1-6-7-12-25(29(27,28)16-10-8-15(21)9-11-16)14-19(26)22-18-13-17(20(2,3)4)23-24(18)5/h8-11,13H,6-7,12,14H2,1-5H3,(H,22,26). The number of sulfonamides is 1. The number of nitrogens with one attached hydrogen (secondary N) is 1. The maximum atomic E-state index is 13.2. The molecule has 0 spiro atoms. The molecule has 160 valence electrons. The molecule has 1 N–H and O–H groups in total. The van der Waals surface area contributed by atoms with Crippen LogP contribution in [0.3, 0.4) is 0 Å². The van der Waals surface area contributed by atoms with E-state index in [9.17, 15) is 17.6 Å². The molecule has 0 unspecified atom stereocenters. The predicted octanol–water partition coefficient (Wildman–Crippen LogP) is 3.29. The number of aryl methyl sites for hydroxylation is 1. The molecule has 0 fully saturated rings. The molecule has 2 aromatic rings. The number of hydrogen-bond donors (Lipinski definition) is 1. The largest absolute Gasteiger partial charge is 0.310 e. The third-order valence-corrected chi connectivity index (χ3v) is 6.31. The molecule has 0 aliphatic heterocycles. The van der Waals surface area contributed by atoms with Crippen molar-refractivity contribution in [2.45, 2.75) is 50.8 Å². The van der Waals surface area contributed by atoms with E-state index >= 15 is 0 Å². The van der Waals surface area contributed by atoms with Crippen molar-refractivity contribution in [3.8, 4) is 0 Å². The van der Waals surface area contributed by atoms with Crippen molar-refractivity contribution in [2.24, 2.45) is 7.05 Å². The summed E-state index contributed by atoms with van der Waals surface area (Å²) in [6.45, 7) is 7.85. The second-order valence-electron chi connectivity index (χ2n) is 7.98. The molecule has 0 radical (unpaired) electrons. The van der Waals surface area contributed by atoms with Gasteiger partial charge in [0.1, 0.15) is 11.6 Å². The van der Waals surface area contributed by atoms with Crippen LogP contribution in [0.15, 0.2) is 35.2 Å². The van der Waals surface area contributed by atoms with Gasteiger partial charge in [0.05, 0.1) is 17.1 Å². The molecule has 0 saturated heterocycles. The highest BCUT2D eigenvalue weighted by Gasteiger charge is 2.27. The van der Waals surface area contributed by atoms with Gasteiger partial charge >= 0.3 is 0 Å². The number of carbonyl (C=O) groups excluding carboxylic acids is 1.